The van der Waals surface area contributed by atoms with Crippen LogP contribution in [0.25, 0.3) is 0 Å². The molecule has 1 saturated heterocycles. The highest BCUT2D eigenvalue weighted by molar-refractivity contribution is 7.09. The van der Waals surface area contributed by atoms with Gasteiger partial charge in [-0.15, -0.1) is 36.2 Å². The van der Waals surface area contributed by atoms with E-state index in [1.165, 1.54) is 11.3 Å². The summed E-state index contributed by atoms with van der Waals surface area (Å²) in [4.78, 5) is 18.9. The Morgan fingerprint density at radius 2 is 2.10 bits per heavy atom. The summed E-state index contributed by atoms with van der Waals surface area (Å²) in [5.41, 5.74) is 6.95. The molecule has 2 heterocycles. The van der Waals surface area contributed by atoms with E-state index in [4.69, 9.17) is 15.2 Å². The van der Waals surface area contributed by atoms with Crippen LogP contribution < -0.4 is 15.8 Å². The van der Waals surface area contributed by atoms with Gasteiger partial charge in [-0.3, -0.25) is 9.69 Å². The van der Waals surface area contributed by atoms with E-state index < -0.39 is 0 Å². The third-order valence-corrected chi connectivity index (χ3v) is 5.18. The Balaban J connectivity index is 0.00000210. The fraction of sp³-hybridized carbons (Fsp3) is 0.474. The van der Waals surface area contributed by atoms with Gasteiger partial charge in [0, 0.05) is 38.0 Å². The number of carbonyl (C=O) groups is 1. The van der Waals surface area contributed by atoms with E-state index in [-0.39, 0.29) is 30.7 Å². The number of carbonyl (C=O) groups excluding carboxylic acids is 1. The molecule has 1 aliphatic heterocycles. The number of nitrogens with zero attached hydrogens (tertiary/aromatic N) is 2. The second-order valence-corrected chi connectivity index (χ2v) is 7.24. The maximum atomic E-state index is 12.2. The van der Waals surface area contributed by atoms with Crippen molar-refractivity contribution in [3.8, 4) is 5.75 Å². The lowest BCUT2D eigenvalue weighted by molar-refractivity contribution is 0.0322. The van der Waals surface area contributed by atoms with Crippen molar-refractivity contribution >= 4 is 42.1 Å². The van der Waals surface area contributed by atoms with E-state index in [0.717, 1.165) is 49.2 Å². The van der Waals surface area contributed by atoms with Gasteiger partial charge in [-0.1, -0.05) is 12.1 Å². The monoisotopic (exact) mass is 462 g/mol. The molecule has 10 heteroatoms. The molecule has 0 aliphatic carbocycles. The minimum Gasteiger partial charge on any atom is -0.492 e. The van der Waals surface area contributed by atoms with Crippen molar-refractivity contribution in [1.29, 1.82) is 0 Å². The van der Waals surface area contributed by atoms with Gasteiger partial charge < -0.3 is 20.5 Å². The van der Waals surface area contributed by atoms with Crippen LogP contribution in [0, 0.1) is 0 Å². The van der Waals surface area contributed by atoms with Crippen LogP contribution in [0.15, 0.2) is 29.6 Å². The van der Waals surface area contributed by atoms with Crippen molar-refractivity contribution in [1.82, 2.24) is 15.2 Å². The summed E-state index contributed by atoms with van der Waals surface area (Å²) in [6.45, 7) is 6.00. The molecule has 0 bridgehead atoms. The van der Waals surface area contributed by atoms with Crippen LogP contribution in [0.3, 0.4) is 0 Å². The Morgan fingerprint density at radius 1 is 1.31 bits per heavy atom. The van der Waals surface area contributed by atoms with Gasteiger partial charge in [-0.25, -0.2) is 4.98 Å². The molecule has 1 fully saturated rings. The zero-order valence-corrected chi connectivity index (χ0v) is 18.6. The number of thiazole rings is 1. The number of amides is 1. The van der Waals surface area contributed by atoms with Gasteiger partial charge in [0.15, 0.2) is 0 Å². The summed E-state index contributed by atoms with van der Waals surface area (Å²) >= 11 is 1.46. The summed E-state index contributed by atoms with van der Waals surface area (Å²) in [6, 6.07) is 7.80. The average Bonchev–Trinajstić information content (AvgIpc) is 3.16. The Bertz CT molecular complexity index is 742. The molecule has 1 amide bonds. The van der Waals surface area contributed by atoms with Gasteiger partial charge in [0.05, 0.1) is 18.2 Å². The fourth-order valence-corrected chi connectivity index (χ4v) is 3.58. The first-order valence-corrected chi connectivity index (χ1v) is 10.1. The molecular weight excluding hydrogens is 435 g/mol. The second-order valence-electron chi connectivity index (χ2n) is 6.30. The maximum Gasteiger partial charge on any atom is 0.271 e. The number of hydrogen-bond acceptors (Lipinski definition) is 7. The third-order valence-electron chi connectivity index (χ3n) is 4.27. The number of halogens is 2. The van der Waals surface area contributed by atoms with Crippen LogP contribution >= 0.6 is 36.2 Å². The van der Waals surface area contributed by atoms with Crippen LogP contribution in [0.2, 0.25) is 0 Å². The van der Waals surface area contributed by atoms with Crippen LogP contribution in [-0.4, -0.2) is 61.8 Å². The van der Waals surface area contributed by atoms with E-state index in [1.54, 1.807) is 5.38 Å². The van der Waals surface area contributed by atoms with Crippen molar-refractivity contribution in [3.63, 3.8) is 0 Å². The van der Waals surface area contributed by atoms with Crippen molar-refractivity contribution in [3.05, 3.63) is 45.9 Å². The highest BCUT2D eigenvalue weighted by Crippen LogP contribution is 2.14. The number of nitrogens with one attached hydrogen (secondary N) is 1. The molecule has 0 radical (unpaired) electrons. The highest BCUT2D eigenvalue weighted by atomic mass is 35.5. The van der Waals surface area contributed by atoms with Gasteiger partial charge in [-0.05, 0) is 24.2 Å². The van der Waals surface area contributed by atoms with Crippen molar-refractivity contribution < 1.29 is 14.3 Å². The first-order chi connectivity index (χ1) is 13.2. The molecule has 2 aromatic rings. The van der Waals surface area contributed by atoms with E-state index >= 15 is 0 Å². The second kappa shape index (κ2) is 13.7. The number of aromatic nitrogens is 1. The molecule has 0 unspecified atom stereocenters. The lowest BCUT2D eigenvalue weighted by Gasteiger charge is -2.26. The van der Waals surface area contributed by atoms with Gasteiger partial charge in [-0.2, -0.15) is 0 Å². The van der Waals surface area contributed by atoms with Crippen molar-refractivity contribution in [2.24, 2.45) is 5.73 Å². The van der Waals surface area contributed by atoms with Gasteiger partial charge in [0.25, 0.3) is 5.91 Å². The first kappa shape index (κ1) is 25.6. The number of nitrogens with two attached hydrogens (primary N) is 1. The number of benzene rings is 1. The van der Waals surface area contributed by atoms with Crippen LogP contribution in [-0.2, 0) is 17.7 Å². The van der Waals surface area contributed by atoms with Gasteiger partial charge >= 0.3 is 0 Å². The average molecular weight is 463 g/mol. The Kier molecular flexibility index (Phi) is 12.1. The molecule has 3 rings (SSSR count). The number of hydrogen-bond donors (Lipinski definition) is 2. The number of ether oxygens (including phenoxy) is 2. The summed E-state index contributed by atoms with van der Waals surface area (Å²) in [7, 11) is 0. The standard InChI is InChI=1S/C19H26N4O3S.2ClH/c20-5-4-18-22-17(14-27-18)19(24)21-13-15-2-1-3-16(12-15)26-11-8-23-6-9-25-10-7-23;;/h1-3,12,14H,4-11,13,20H2,(H,21,24);2*1H. The lowest BCUT2D eigenvalue weighted by Crippen LogP contribution is -2.38. The highest BCUT2D eigenvalue weighted by Gasteiger charge is 2.11. The van der Waals surface area contributed by atoms with E-state index in [2.05, 4.69) is 15.2 Å². The van der Waals surface area contributed by atoms with E-state index in [9.17, 15) is 4.79 Å². The Hall–Kier alpha value is -1.42. The van der Waals surface area contributed by atoms with E-state index in [0.29, 0.717) is 31.8 Å². The lowest BCUT2D eigenvalue weighted by atomic mass is 10.2. The quantitative estimate of drug-likeness (QED) is 0.593. The smallest absolute Gasteiger partial charge is 0.271 e. The largest absolute Gasteiger partial charge is 0.492 e. The SMILES string of the molecule is Cl.Cl.NCCc1nc(C(=O)NCc2cccc(OCCN3CCOCC3)c2)cs1. The van der Waals surface area contributed by atoms with Crippen LogP contribution in [0.5, 0.6) is 5.75 Å². The molecule has 1 aromatic heterocycles. The molecule has 7 nitrogen and oxygen atoms in total. The predicted octanol–water partition coefficient (Wildman–Crippen LogP) is 2.13. The fourth-order valence-electron chi connectivity index (χ4n) is 2.79. The summed E-state index contributed by atoms with van der Waals surface area (Å²) in [5, 5.41) is 5.56. The zero-order valence-electron chi connectivity index (χ0n) is 16.2. The zero-order chi connectivity index (χ0) is 18.9. The summed E-state index contributed by atoms with van der Waals surface area (Å²) in [6.07, 6.45) is 0.696. The Morgan fingerprint density at radius 3 is 2.86 bits per heavy atom. The molecule has 0 atom stereocenters. The topological polar surface area (TPSA) is 89.7 Å². The minimum absolute atomic E-state index is 0. The van der Waals surface area contributed by atoms with Crippen LogP contribution in [0.4, 0.5) is 0 Å². The van der Waals surface area contributed by atoms with Crippen LogP contribution in [0.1, 0.15) is 21.1 Å². The molecular formula is C19H28Cl2N4O3S. The first-order valence-electron chi connectivity index (χ1n) is 9.19. The number of rotatable bonds is 9. The van der Waals surface area contributed by atoms with E-state index in [1.807, 2.05) is 24.3 Å². The molecule has 29 heavy (non-hydrogen) atoms. The molecule has 1 aliphatic rings. The normalized spacial score (nSPS) is 13.8. The minimum atomic E-state index is -0.173. The third kappa shape index (κ3) is 8.46. The predicted molar refractivity (Wildman–Crippen MR) is 120 cm³/mol. The maximum absolute atomic E-state index is 12.2. The Labute approximate surface area is 187 Å². The molecule has 0 spiro atoms. The van der Waals surface area contributed by atoms with Gasteiger partial charge in [0.2, 0.25) is 0 Å². The number of morpholine rings is 1. The molecule has 162 valence electrons. The summed E-state index contributed by atoms with van der Waals surface area (Å²) < 4.78 is 11.2. The molecule has 0 saturated carbocycles. The van der Waals surface area contributed by atoms with Gasteiger partial charge in [0.1, 0.15) is 18.1 Å². The molecule has 1 aromatic carbocycles. The van der Waals surface area contributed by atoms with Crippen molar-refractivity contribution in [2.75, 3.05) is 46.0 Å². The molecule has 3 N–H and O–H groups in total. The van der Waals surface area contributed by atoms with Crippen molar-refractivity contribution in [2.45, 2.75) is 13.0 Å². The summed E-state index contributed by atoms with van der Waals surface area (Å²) in [5.74, 6) is 0.641.